The lowest BCUT2D eigenvalue weighted by atomic mass is 9.86. The standard InChI is InChI=1S/C32H58F8O21/c1-3-31(23-46-27(13-41-5-9-50-33)14-42-6-10-51-34,24-47-28(15-43-7-11-52-35)16-44-8-12-53-36)21-45-22-32(4-2,25-48-29(17-54-58-37)18-55-59-38)26-49-30(19-56-60-39)20-57-61-40/h27-30H,3-26H2,1-2H3. The van der Waals surface area contributed by atoms with Gasteiger partial charge in [-0.1, -0.05) is 13.8 Å². The van der Waals surface area contributed by atoms with E-state index < -0.39 is 61.7 Å². The van der Waals surface area contributed by atoms with Crippen LogP contribution < -0.4 is 0 Å². The van der Waals surface area contributed by atoms with Crippen LogP contribution in [0.2, 0.25) is 0 Å². The average molecular weight is 931 g/mol. The van der Waals surface area contributed by atoms with Gasteiger partial charge in [0.1, 0.15) is 77.3 Å². The van der Waals surface area contributed by atoms with Crippen molar-refractivity contribution in [2.24, 2.45) is 10.8 Å². The molecule has 0 aromatic heterocycles. The highest BCUT2D eigenvalue weighted by molar-refractivity contribution is 4.83. The van der Waals surface area contributed by atoms with Crippen LogP contribution in [0.15, 0.2) is 0 Å². The topological polar surface area (TPSA) is 194 Å². The van der Waals surface area contributed by atoms with Crippen molar-refractivity contribution in [2.75, 3.05) is 145 Å². The molecular weight excluding hydrogens is 872 g/mol. The molecule has 0 atom stereocenters. The number of rotatable bonds is 50. The maximum atomic E-state index is 12.4. The molecule has 0 bridgehead atoms. The van der Waals surface area contributed by atoms with Crippen LogP contribution in [0.1, 0.15) is 26.7 Å². The van der Waals surface area contributed by atoms with Gasteiger partial charge >= 0.3 is 0 Å². The van der Waals surface area contributed by atoms with Crippen molar-refractivity contribution in [3.63, 3.8) is 0 Å². The van der Waals surface area contributed by atoms with E-state index >= 15 is 0 Å². The summed E-state index contributed by atoms with van der Waals surface area (Å²) >= 11 is 0. The molecule has 368 valence electrons. The van der Waals surface area contributed by atoms with E-state index in [1.54, 1.807) is 13.8 Å². The fourth-order valence-electron chi connectivity index (χ4n) is 4.73. The third kappa shape index (κ3) is 32.0. The second-order valence-electron chi connectivity index (χ2n) is 12.9. The maximum absolute atomic E-state index is 12.4. The minimum atomic E-state index is -1.21. The van der Waals surface area contributed by atoms with E-state index in [0.29, 0.717) is 0 Å². The van der Waals surface area contributed by atoms with E-state index in [9.17, 15) is 36.2 Å². The molecule has 0 unspecified atom stereocenters. The number of hydrogen-bond donors (Lipinski definition) is 0. The number of hydrogen-bond acceptors (Lipinski definition) is 21. The summed E-state index contributed by atoms with van der Waals surface area (Å²) in [5.74, 6) is 0. The Balaban J connectivity index is 6.58. The lowest BCUT2D eigenvalue weighted by Crippen LogP contribution is -2.45. The molecule has 29 heteroatoms. The number of halogens is 8. The Morgan fingerprint density at radius 3 is 0.770 bits per heavy atom. The Kier molecular flexibility index (Phi) is 41.6. The van der Waals surface area contributed by atoms with Crippen molar-refractivity contribution in [1.29, 1.82) is 0 Å². The summed E-state index contributed by atoms with van der Waals surface area (Å²) in [6, 6.07) is 0. The largest absolute Gasteiger partial charge is 0.380 e. The molecule has 0 N–H and O–H groups in total. The first-order chi connectivity index (χ1) is 29.8. The molecule has 0 amide bonds. The lowest BCUT2D eigenvalue weighted by Gasteiger charge is -2.38. The van der Waals surface area contributed by atoms with E-state index in [2.05, 4.69) is 59.7 Å². The lowest BCUT2D eigenvalue weighted by molar-refractivity contribution is -0.454. The summed E-state index contributed by atoms with van der Waals surface area (Å²) < 4.78 is 150. The van der Waals surface area contributed by atoms with Crippen molar-refractivity contribution >= 4 is 0 Å². The first-order valence-corrected chi connectivity index (χ1v) is 18.7. The monoisotopic (exact) mass is 930 g/mol. The van der Waals surface area contributed by atoms with Crippen LogP contribution >= 0.6 is 0 Å². The highest BCUT2D eigenvalue weighted by atomic mass is 19.3. The first-order valence-electron chi connectivity index (χ1n) is 18.7. The Hall–Kier alpha value is -1.40. The zero-order valence-electron chi connectivity index (χ0n) is 33.9. The fraction of sp³-hybridized carbons (Fsp3) is 1.00. The van der Waals surface area contributed by atoms with Gasteiger partial charge in [0.15, 0.2) is 0 Å². The van der Waals surface area contributed by atoms with Crippen molar-refractivity contribution in [2.45, 2.75) is 51.1 Å². The summed E-state index contributed by atoms with van der Waals surface area (Å²) in [5.41, 5.74) is -2.26. The molecule has 21 nitrogen and oxygen atoms in total. The Morgan fingerprint density at radius 1 is 0.311 bits per heavy atom. The number of ether oxygens (including phenoxy) is 9. The molecule has 0 spiro atoms. The minimum absolute atomic E-state index is 0.127. The Bertz CT molecular complexity index is 829. The van der Waals surface area contributed by atoms with Gasteiger partial charge in [0.2, 0.25) is 0 Å². The van der Waals surface area contributed by atoms with Crippen LogP contribution in [-0.2, 0) is 102 Å². The molecule has 0 aromatic carbocycles. The second-order valence-corrected chi connectivity index (χ2v) is 12.9. The third-order valence-electron chi connectivity index (χ3n) is 8.45. The van der Waals surface area contributed by atoms with Crippen molar-refractivity contribution in [3.05, 3.63) is 0 Å². The molecule has 0 rings (SSSR count). The molecular formula is C32H58F8O21. The van der Waals surface area contributed by atoms with Crippen LogP contribution in [-0.4, -0.2) is 170 Å². The highest BCUT2D eigenvalue weighted by Gasteiger charge is 2.37. The maximum Gasteiger partial charge on any atom is 0.114 e. The zero-order valence-corrected chi connectivity index (χ0v) is 33.9. The van der Waals surface area contributed by atoms with Crippen molar-refractivity contribution in [1.82, 2.24) is 0 Å². The molecule has 0 aromatic rings. The SMILES string of the molecule is CCC(COCC(CC)(COC(COOF)COOF)COC(COOF)COOF)(COC(COCCOF)COCCOF)COC(COCCOF)COCCOF. The van der Waals surface area contributed by atoms with Gasteiger partial charge < -0.3 is 42.6 Å². The minimum Gasteiger partial charge on any atom is -0.380 e. The van der Waals surface area contributed by atoms with Gasteiger partial charge in [-0.25, -0.2) is 0 Å². The Morgan fingerprint density at radius 2 is 0.557 bits per heavy atom. The van der Waals surface area contributed by atoms with Gasteiger partial charge in [-0.15, -0.1) is 0 Å². The highest BCUT2D eigenvalue weighted by Crippen LogP contribution is 2.30. The molecule has 0 aliphatic rings. The third-order valence-corrected chi connectivity index (χ3v) is 8.45. The average Bonchev–Trinajstić information content (AvgIpc) is 3.28. The van der Waals surface area contributed by atoms with Crippen LogP contribution in [0.5, 0.6) is 0 Å². The molecule has 0 aliphatic carbocycles. The van der Waals surface area contributed by atoms with Crippen molar-refractivity contribution in [3.8, 4) is 0 Å². The van der Waals surface area contributed by atoms with Crippen LogP contribution in [0.4, 0.5) is 36.2 Å². The molecule has 0 saturated carbocycles. The molecule has 0 aliphatic heterocycles. The summed E-state index contributed by atoms with van der Waals surface area (Å²) in [7, 11) is 0. The van der Waals surface area contributed by atoms with Crippen molar-refractivity contribution < 1.29 is 139 Å². The van der Waals surface area contributed by atoms with Crippen LogP contribution in [0, 0.1) is 10.8 Å². The molecule has 0 radical (unpaired) electrons. The summed E-state index contributed by atoms with van der Waals surface area (Å²) in [4.78, 5) is 31.2. The smallest absolute Gasteiger partial charge is 0.114 e. The van der Waals surface area contributed by atoms with Crippen LogP contribution in [0.3, 0.4) is 0 Å². The molecule has 0 saturated heterocycles. The second kappa shape index (κ2) is 42.5. The van der Waals surface area contributed by atoms with Gasteiger partial charge in [-0.3, -0.25) is 0 Å². The van der Waals surface area contributed by atoms with Gasteiger partial charge in [0.05, 0.1) is 92.5 Å². The van der Waals surface area contributed by atoms with Crippen LogP contribution in [0.25, 0.3) is 0 Å². The predicted molar refractivity (Wildman–Crippen MR) is 179 cm³/mol. The Labute approximate surface area is 346 Å². The summed E-state index contributed by atoms with van der Waals surface area (Å²) in [5, 5.41) is 12.5. The van der Waals surface area contributed by atoms with Gasteiger partial charge in [0.25, 0.3) is 0 Å². The molecule has 0 fully saturated rings. The molecule has 61 heavy (non-hydrogen) atoms. The van der Waals surface area contributed by atoms with E-state index in [1.807, 2.05) is 0 Å². The summed E-state index contributed by atoms with van der Waals surface area (Å²) in [6.07, 6.45) is -3.59. The van der Waals surface area contributed by atoms with E-state index in [1.165, 1.54) is 0 Å². The first kappa shape index (κ1) is 59.6. The van der Waals surface area contributed by atoms with E-state index in [4.69, 9.17) is 42.6 Å². The molecule has 0 heterocycles. The normalized spacial score (nSPS) is 12.7. The fourth-order valence-corrected chi connectivity index (χ4v) is 4.73. The zero-order chi connectivity index (χ0) is 45.1. The van der Waals surface area contributed by atoms with E-state index in [0.717, 1.165) is 0 Å². The summed E-state index contributed by atoms with van der Waals surface area (Å²) in [6.45, 7) is -2.91. The van der Waals surface area contributed by atoms with E-state index in [-0.39, 0.29) is 132 Å². The van der Waals surface area contributed by atoms with Gasteiger partial charge in [-0.05, 0) is 69.4 Å². The van der Waals surface area contributed by atoms with Gasteiger partial charge in [-0.2, -0.15) is 39.3 Å². The van der Waals surface area contributed by atoms with Gasteiger partial charge in [0, 0.05) is 10.8 Å². The predicted octanol–water partition coefficient (Wildman–Crippen LogP) is 4.34. The quantitative estimate of drug-likeness (QED) is 0.0362.